The summed E-state index contributed by atoms with van der Waals surface area (Å²) in [6.07, 6.45) is 4.66. The van der Waals surface area contributed by atoms with Gasteiger partial charge in [-0.05, 0) is 43.9 Å². The number of amides is 2. The van der Waals surface area contributed by atoms with E-state index in [0.717, 1.165) is 57.1 Å². The Morgan fingerprint density at radius 2 is 1.69 bits per heavy atom. The summed E-state index contributed by atoms with van der Waals surface area (Å²) >= 11 is 0. The second-order valence-corrected chi connectivity index (χ2v) is 11.0. The fraction of sp³-hybridized carbons (Fsp3) is 0.517. The first kappa shape index (κ1) is 24.6. The lowest BCUT2D eigenvalue weighted by Crippen LogP contribution is -2.53. The summed E-state index contributed by atoms with van der Waals surface area (Å²) in [5.74, 6) is 1.71. The molecule has 0 bridgehead atoms. The molecule has 2 atom stereocenters. The SMILES string of the molecule is Cc1ncnc(C)c1C(=O)N1C=C2CN(CCC(c3ccccc3)C3CN(C(=O)C(C)C)C3)CC2C1. The molecule has 0 aliphatic carbocycles. The van der Waals surface area contributed by atoms with Crippen LogP contribution in [0.1, 0.15) is 53.5 Å². The molecule has 0 N–H and O–H groups in total. The molecule has 2 unspecified atom stereocenters. The van der Waals surface area contributed by atoms with Crippen LogP contribution in [0.5, 0.6) is 0 Å². The van der Waals surface area contributed by atoms with Crippen molar-refractivity contribution in [2.24, 2.45) is 17.8 Å². The van der Waals surface area contributed by atoms with Gasteiger partial charge in [0.05, 0.1) is 17.0 Å². The van der Waals surface area contributed by atoms with Crippen LogP contribution in [-0.4, -0.2) is 75.8 Å². The number of aryl methyl sites for hydroxylation is 2. The highest BCUT2D eigenvalue weighted by atomic mass is 16.2. The van der Waals surface area contributed by atoms with Crippen molar-refractivity contribution >= 4 is 11.8 Å². The lowest BCUT2D eigenvalue weighted by molar-refractivity contribution is -0.141. The average molecular weight is 488 g/mol. The maximum absolute atomic E-state index is 13.2. The maximum atomic E-state index is 13.2. The Morgan fingerprint density at radius 1 is 1.00 bits per heavy atom. The van der Waals surface area contributed by atoms with Crippen LogP contribution >= 0.6 is 0 Å². The third-order valence-electron chi connectivity index (χ3n) is 8.12. The van der Waals surface area contributed by atoms with Crippen LogP contribution in [0, 0.1) is 31.6 Å². The van der Waals surface area contributed by atoms with E-state index in [2.05, 4.69) is 51.4 Å². The van der Waals surface area contributed by atoms with Gasteiger partial charge in [-0.25, -0.2) is 9.97 Å². The van der Waals surface area contributed by atoms with E-state index in [0.29, 0.717) is 23.3 Å². The second-order valence-electron chi connectivity index (χ2n) is 11.0. The Labute approximate surface area is 214 Å². The van der Waals surface area contributed by atoms with Gasteiger partial charge < -0.3 is 9.80 Å². The Hall–Kier alpha value is -3.06. The van der Waals surface area contributed by atoms with Crippen molar-refractivity contribution in [3.63, 3.8) is 0 Å². The quantitative estimate of drug-likeness (QED) is 0.596. The molecule has 2 amide bonds. The molecular weight excluding hydrogens is 450 g/mol. The summed E-state index contributed by atoms with van der Waals surface area (Å²) in [4.78, 5) is 40.4. The van der Waals surface area contributed by atoms with Gasteiger partial charge in [-0.2, -0.15) is 0 Å². The monoisotopic (exact) mass is 487 g/mol. The summed E-state index contributed by atoms with van der Waals surface area (Å²) < 4.78 is 0. The first-order chi connectivity index (χ1) is 17.3. The molecule has 2 saturated heterocycles. The first-order valence-corrected chi connectivity index (χ1v) is 13.2. The molecule has 36 heavy (non-hydrogen) atoms. The van der Waals surface area contributed by atoms with Crippen molar-refractivity contribution in [3.05, 3.63) is 70.9 Å². The van der Waals surface area contributed by atoms with Crippen molar-refractivity contribution in [1.29, 1.82) is 0 Å². The Bertz CT molecular complexity index is 1140. The van der Waals surface area contributed by atoms with Crippen molar-refractivity contribution in [3.8, 4) is 0 Å². The van der Waals surface area contributed by atoms with E-state index in [1.165, 1.54) is 17.5 Å². The lowest BCUT2D eigenvalue weighted by atomic mass is 9.78. The normalized spacial score (nSPS) is 20.9. The van der Waals surface area contributed by atoms with Gasteiger partial charge in [0.1, 0.15) is 6.33 Å². The topological polar surface area (TPSA) is 69.6 Å². The molecule has 0 radical (unpaired) electrons. The number of benzene rings is 1. The summed E-state index contributed by atoms with van der Waals surface area (Å²) in [7, 11) is 0. The van der Waals surface area contributed by atoms with E-state index in [9.17, 15) is 9.59 Å². The predicted molar refractivity (Wildman–Crippen MR) is 139 cm³/mol. The van der Waals surface area contributed by atoms with Crippen LogP contribution in [-0.2, 0) is 4.79 Å². The summed E-state index contributed by atoms with van der Waals surface area (Å²) in [5, 5.41) is 0. The molecule has 7 heteroatoms. The van der Waals surface area contributed by atoms with E-state index in [-0.39, 0.29) is 17.7 Å². The van der Waals surface area contributed by atoms with Crippen LogP contribution in [0.2, 0.25) is 0 Å². The number of hydrogen-bond donors (Lipinski definition) is 0. The average Bonchev–Trinajstić information content (AvgIpc) is 3.39. The molecule has 5 rings (SSSR count). The molecule has 1 aromatic carbocycles. The first-order valence-electron chi connectivity index (χ1n) is 13.2. The van der Waals surface area contributed by atoms with Gasteiger partial charge in [0.25, 0.3) is 5.91 Å². The zero-order valence-corrected chi connectivity index (χ0v) is 21.9. The van der Waals surface area contributed by atoms with Crippen LogP contribution in [0.25, 0.3) is 0 Å². The summed E-state index contributed by atoms with van der Waals surface area (Å²) in [6, 6.07) is 10.8. The second kappa shape index (κ2) is 10.1. The van der Waals surface area contributed by atoms with E-state index >= 15 is 0 Å². The van der Waals surface area contributed by atoms with Crippen molar-refractivity contribution in [1.82, 2.24) is 24.7 Å². The fourth-order valence-electron chi connectivity index (χ4n) is 6.06. The Kier molecular flexibility index (Phi) is 6.93. The predicted octanol–water partition coefficient (Wildman–Crippen LogP) is 3.65. The van der Waals surface area contributed by atoms with Crippen LogP contribution in [0.3, 0.4) is 0 Å². The van der Waals surface area contributed by atoms with Gasteiger partial charge in [0, 0.05) is 56.7 Å². The highest BCUT2D eigenvalue weighted by Gasteiger charge is 2.39. The van der Waals surface area contributed by atoms with Crippen LogP contribution in [0.4, 0.5) is 0 Å². The maximum Gasteiger partial charge on any atom is 0.261 e. The molecule has 2 fully saturated rings. The third-order valence-corrected chi connectivity index (χ3v) is 8.12. The highest BCUT2D eigenvalue weighted by Crippen LogP contribution is 2.37. The number of aromatic nitrogens is 2. The standard InChI is InChI=1S/C29H37N5O2/c1-19(2)28(35)33-16-25(17-33)26(22-8-6-5-7-9-22)10-11-32-12-23-14-34(15-24(23)13-32)29(36)27-20(3)30-18-31-21(27)4/h5-9,14,18-19,24-26H,10-13,15-17H2,1-4H3. The third kappa shape index (κ3) is 4.81. The zero-order chi connectivity index (χ0) is 25.4. The zero-order valence-electron chi connectivity index (χ0n) is 21.9. The number of likely N-dealkylation sites (tertiary alicyclic amines) is 2. The molecular formula is C29H37N5O2. The molecule has 3 aliphatic heterocycles. The molecule has 1 aromatic heterocycles. The molecule has 190 valence electrons. The van der Waals surface area contributed by atoms with E-state index in [1.807, 2.05) is 37.5 Å². The summed E-state index contributed by atoms with van der Waals surface area (Å²) in [6.45, 7) is 13.1. The number of fused-ring (bicyclic) bond motifs is 1. The summed E-state index contributed by atoms with van der Waals surface area (Å²) in [5.41, 5.74) is 4.83. The van der Waals surface area contributed by atoms with Crippen molar-refractivity contribution in [2.75, 3.05) is 39.3 Å². The van der Waals surface area contributed by atoms with Crippen molar-refractivity contribution in [2.45, 2.75) is 40.0 Å². The fourth-order valence-corrected chi connectivity index (χ4v) is 6.06. The van der Waals surface area contributed by atoms with E-state index in [1.54, 1.807) is 0 Å². The van der Waals surface area contributed by atoms with Gasteiger partial charge in [0.2, 0.25) is 5.91 Å². The van der Waals surface area contributed by atoms with Crippen molar-refractivity contribution < 1.29 is 9.59 Å². The van der Waals surface area contributed by atoms with Gasteiger partial charge in [-0.3, -0.25) is 14.5 Å². The molecule has 3 aliphatic rings. The van der Waals surface area contributed by atoms with E-state index < -0.39 is 0 Å². The van der Waals surface area contributed by atoms with Gasteiger partial charge >= 0.3 is 0 Å². The molecule has 0 spiro atoms. The molecule has 0 saturated carbocycles. The minimum atomic E-state index is 0.00803. The highest BCUT2D eigenvalue weighted by molar-refractivity contribution is 5.97. The largest absolute Gasteiger partial charge is 0.342 e. The number of carbonyl (C=O) groups is 2. The Morgan fingerprint density at radius 3 is 2.33 bits per heavy atom. The number of hydrogen-bond acceptors (Lipinski definition) is 5. The molecule has 2 aromatic rings. The van der Waals surface area contributed by atoms with Gasteiger partial charge in [0.15, 0.2) is 0 Å². The van der Waals surface area contributed by atoms with Crippen LogP contribution < -0.4 is 0 Å². The Balaban J connectivity index is 1.20. The van der Waals surface area contributed by atoms with Gasteiger partial charge in [-0.15, -0.1) is 0 Å². The minimum absolute atomic E-state index is 0.00803. The number of carbonyl (C=O) groups excluding carboxylic acids is 2. The molecule has 7 nitrogen and oxygen atoms in total. The smallest absolute Gasteiger partial charge is 0.261 e. The minimum Gasteiger partial charge on any atom is -0.342 e. The van der Waals surface area contributed by atoms with Crippen LogP contribution in [0.15, 0.2) is 48.4 Å². The van der Waals surface area contributed by atoms with Gasteiger partial charge in [-0.1, -0.05) is 44.2 Å². The number of nitrogens with zero attached hydrogens (tertiary/aromatic N) is 5. The van der Waals surface area contributed by atoms with E-state index in [4.69, 9.17) is 0 Å². The molecule has 4 heterocycles. The lowest BCUT2D eigenvalue weighted by Gasteiger charge is -2.45. The number of rotatable bonds is 7.